The minimum absolute atomic E-state index is 0.0101. The first-order chi connectivity index (χ1) is 12.2. The normalized spacial score (nSPS) is 12.4. The number of hydrogen-bond donors (Lipinski definition) is 3. The molecule has 0 saturated heterocycles. The fourth-order valence-corrected chi connectivity index (χ4v) is 3.86. The van der Waals surface area contributed by atoms with Crippen molar-refractivity contribution in [3.63, 3.8) is 0 Å². The molecular weight excluding hydrogens is 380 g/mol. The molecule has 140 valence electrons. The summed E-state index contributed by atoms with van der Waals surface area (Å²) in [5.74, 6) is -0.596. The lowest BCUT2D eigenvalue weighted by atomic mass is 10.3. The van der Waals surface area contributed by atoms with Crippen LogP contribution in [0.5, 0.6) is 5.75 Å². The van der Waals surface area contributed by atoms with Gasteiger partial charge in [0.1, 0.15) is 5.75 Å². The van der Waals surface area contributed by atoms with Crippen molar-refractivity contribution in [1.29, 1.82) is 0 Å². The maximum absolute atomic E-state index is 12.3. The van der Waals surface area contributed by atoms with E-state index >= 15 is 0 Å². The van der Waals surface area contributed by atoms with E-state index in [9.17, 15) is 18.0 Å². The molecule has 0 fully saturated rings. The third kappa shape index (κ3) is 5.25. The molecule has 0 aliphatic carbocycles. The summed E-state index contributed by atoms with van der Waals surface area (Å²) in [7, 11) is -2.40. The molecule has 0 spiro atoms. The number of thiazole rings is 1. The van der Waals surface area contributed by atoms with Gasteiger partial charge in [-0.05, 0) is 31.2 Å². The Kier molecular flexibility index (Phi) is 6.29. The van der Waals surface area contributed by atoms with Crippen LogP contribution < -0.4 is 20.5 Å². The van der Waals surface area contributed by atoms with E-state index in [2.05, 4.69) is 15.0 Å². The zero-order chi connectivity index (χ0) is 19.3. The van der Waals surface area contributed by atoms with Crippen molar-refractivity contribution >= 4 is 38.3 Å². The Morgan fingerprint density at radius 3 is 2.54 bits per heavy atom. The molecule has 1 heterocycles. The van der Waals surface area contributed by atoms with E-state index in [4.69, 9.17) is 10.5 Å². The first kappa shape index (κ1) is 19.8. The summed E-state index contributed by atoms with van der Waals surface area (Å²) in [5, 5.41) is 4.34. The van der Waals surface area contributed by atoms with Gasteiger partial charge in [0.05, 0.1) is 30.2 Å². The predicted molar refractivity (Wildman–Crippen MR) is 96.4 cm³/mol. The zero-order valence-electron chi connectivity index (χ0n) is 14.1. The summed E-state index contributed by atoms with van der Waals surface area (Å²) in [4.78, 5) is 27.1. The molecule has 0 unspecified atom stereocenters. The van der Waals surface area contributed by atoms with Gasteiger partial charge < -0.3 is 15.8 Å². The summed E-state index contributed by atoms with van der Waals surface area (Å²) in [6.45, 7) is 1.41. The number of ether oxygens (including phenoxy) is 1. The van der Waals surface area contributed by atoms with Gasteiger partial charge in [-0.1, -0.05) is 0 Å². The van der Waals surface area contributed by atoms with Crippen LogP contribution in [0.4, 0.5) is 5.13 Å². The molecular formula is C15H18N4O5S2. The highest BCUT2D eigenvalue weighted by molar-refractivity contribution is 7.89. The summed E-state index contributed by atoms with van der Waals surface area (Å²) in [5.41, 5.74) is 5.51. The third-order valence-corrected chi connectivity index (χ3v) is 5.60. The number of aromatic nitrogens is 1. The van der Waals surface area contributed by atoms with Gasteiger partial charge in [0, 0.05) is 5.38 Å². The number of methoxy groups -OCH3 is 1. The van der Waals surface area contributed by atoms with E-state index in [0.29, 0.717) is 11.4 Å². The van der Waals surface area contributed by atoms with Gasteiger partial charge in [0.15, 0.2) is 5.13 Å². The molecule has 0 radical (unpaired) electrons. The van der Waals surface area contributed by atoms with E-state index in [1.54, 1.807) is 5.38 Å². The van der Waals surface area contributed by atoms with Crippen LogP contribution in [0.15, 0.2) is 34.5 Å². The molecule has 11 heteroatoms. The topological polar surface area (TPSA) is 140 Å². The minimum Gasteiger partial charge on any atom is -0.497 e. The number of rotatable bonds is 8. The minimum atomic E-state index is -3.88. The molecule has 0 bridgehead atoms. The van der Waals surface area contributed by atoms with E-state index in [1.807, 2.05) is 0 Å². The lowest BCUT2D eigenvalue weighted by Gasteiger charge is -2.13. The number of hydrogen-bond acceptors (Lipinski definition) is 7. The number of sulfonamides is 1. The molecule has 0 saturated carbocycles. The van der Waals surface area contributed by atoms with E-state index in [0.717, 1.165) is 11.3 Å². The SMILES string of the molecule is COc1ccc(S(=O)(=O)N[C@@H](C)C(=O)Nc2nc(CC(N)=O)cs2)cc1. The first-order valence-corrected chi connectivity index (χ1v) is 9.77. The number of carbonyl (C=O) groups excluding carboxylic acids is 2. The van der Waals surface area contributed by atoms with E-state index < -0.39 is 27.9 Å². The smallest absolute Gasteiger partial charge is 0.244 e. The number of nitrogens with one attached hydrogen (secondary N) is 2. The fourth-order valence-electron chi connectivity index (χ4n) is 1.95. The highest BCUT2D eigenvalue weighted by atomic mass is 32.2. The standard InChI is InChI=1S/C15H18N4O5S2/c1-9(14(21)18-15-17-10(8-25-15)7-13(16)20)19-26(22,23)12-5-3-11(24-2)4-6-12/h3-6,8-9,19H,7H2,1-2H3,(H2,16,20)(H,17,18,21)/t9-/m0/s1. The Morgan fingerprint density at radius 1 is 1.31 bits per heavy atom. The first-order valence-electron chi connectivity index (χ1n) is 7.41. The van der Waals surface area contributed by atoms with Gasteiger partial charge in [-0.3, -0.25) is 9.59 Å². The van der Waals surface area contributed by atoms with Crippen molar-refractivity contribution in [2.24, 2.45) is 5.73 Å². The quantitative estimate of drug-likeness (QED) is 0.591. The molecule has 1 atom stereocenters. The zero-order valence-corrected chi connectivity index (χ0v) is 15.7. The summed E-state index contributed by atoms with van der Waals surface area (Å²) in [6, 6.07) is 4.74. The Balaban J connectivity index is 2.00. The van der Waals surface area contributed by atoms with Gasteiger partial charge in [-0.25, -0.2) is 13.4 Å². The molecule has 0 aliphatic rings. The van der Waals surface area contributed by atoms with Gasteiger partial charge in [-0.15, -0.1) is 11.3 Å². The molecule has 2 aromatic rings. The number of nitrogens with two attached hydrogens (primary N) is 1. The molecule has 26 heavy (non-hydrogen) atoms. The maximum atomic E-state index is 12.3. The fraction of sp³-hybridized carbons (Fsp3) is 0.267. The molecule has 2 amide bonds. The van der Waals surface area contributed by atoms with Crippen LogP contribution >= 0.6 is 11.3 Å². The number of anilines is 1. The number of carbonyl (C=O) groups is 2. The monoisotopic (exact) mass is 398 g/mol. The molecule has 1 aromatic heterocycles. The van der Waals surface area contributed by atoms with Gasteiger partial charge in [0.2, 0.25) is 21.8 Å². The largest absolute Gasteiger partial charge is 0.497 e. The number of nitrogens with zero attached hydrogens (tertiary/aromatic N) is 1. The van der Waals surface area contributed by atoms with Crippen molar-refractivity contribution in [1.82, 2.24) is 9.71 Å². The predicted octanol–water partition coefficient (Wildman–Crippen LogP) is 0.485. The highest BCUT2D eigenvalue weighted by Crippen LogP contribution is 2.17. The van der Waals surface area contributed by atoms with Gasteiger partial charge in [0.25, 0.3) is 0 Å². The van der Waals surface area contributed by atoms with Crippen molar-refractivity contribution in [2.75, 3.05) is 12.4 Å². The molecule has 1 aromatic carbocycles. The second-order valence-electron chi connectivity index (χ2n) is 5.29. The molecule has 0 aliphatic heterocycles. The highest BCUT2D eigenvalue weighted by Gasteiger charge is 2.23. The Bertz CT molecular complexity index is 893. The second-order valence-corrected chi connectivity index (χ2v) is 7.87. The Hall–Kier alpha value is -2.50. The summed E-state index contributed by atoms with van der Waals surface area (Å²) in [6.07, 6.45) is -0.0357. The number of primary amides is 1. The van der Waals surface area contributed by atoms with Crippen LogP contribution in [-0.4, -0.2) is 38.4 Å². The number of amides is 2. The van der Waals surface area contributed by atoms with Crippen LogP contribution in [0.2, 0.25) is 0 Å². The average molecular weight is 398 g/mol. The summed E-state index contributed by atoms with van der Waals surface area (Å²) >= 11 is 1.11. The Morgan fingerprint density at radius 2 is 1.96 bits per heavy atom. The lowest BCUT2D eigenvalue weighted by molar-refractivity contribution is -0.118. The van der Waals surface area contributed by atoms with Crippen LogP contribution in [-0.2, 0) is 26.0 Å². The van der Waals surface area contributed by atoms with Crippen molar-refractivity contribution < 1.29 is 22.7 Å². The number of benzene rings is 1. The van der Waals surface area contributed by atoms with Crippen LogP contribution in [0.1, 0.15) is 12.6 Å². The molecule has 4 N–H and O–H groups in total. The van der Waals surface area contributed by atoms with Crippen molar-refractivity contribution in [3.05, 3.63) is 35.3 Å². The third-order valence-electron chi connectivity index (χ3n) is 3.23. The van der Waals surface area contributed by atoms with Crippen LogP contribution in [0.25, 0.3) is 0 Å². The van der Waals surface area contributed by atoms with Gasteiger partial charge >= 0.3 is 0 Å². The lowest BCUT2D eigenvalue weighted by Crippen LogP contribution is -2.41. The van der Waals surface area contributed by atoms with Gasteiger partial charge in [-0.2, -0.15) is 4.72 Å². The van der Waals surface area contributed by atoms with Crippen molar-refractivity contribution in [2.45, 2.75) is 24.3 Å². The Labute approximate surface area is 154 Å². The molecule has 2 rings (SSSR count). The van der Waals surface area contributed by atoms with Crippen LogP contribution in [0.3, 0.4) is 0 Å². The van der Waals surface area contributed by atoms with Crippen molar-refractivity contribution in [3.8, 4) is 5.75 Å². The average Bonchev–Trinajstić information content (AvgIpc) is 3.00. The second kappa shape index (κ2) is 8.25. The molecule has 9 nitrogen and oxygen atoms in total. The van der Waals surface area contributed by atoms with E-state index in [1.165, 1.54) is 38.3 Å². The van der Waals surface area contributed by atoms with Crippen LogP contribution in [0, 0.1) is 0 Å². The van der Waals surface area contributed by atoms with E-state index in [-0.39, 0.29) is 16.4 Å². The maximum Gasteiger partial charge on any atom is 0.244 e. The summed E-state index contributed by atoms with van der Waals surface area (Å²) < 4.78 is 31.9.